The van der Waals surface area contributed by atoms with Gasteiger partial charge in [-0.1, -0.05) is 11.6 Å². The SMILES string of the molecule is Oc1ccc(Cl)cc1CN1CCC[C@@H](N2CCN(c3ccc(F)cc3)CC2)C1. The maximum atomic E-state index is 13.1. The summed E-state index contributed by atoms with van der Waals surface area (Å²) >= 11 is 6.09. The van der Waals surface area contributed by atoms with E-state index in [1.54, 1.807) is 12.1 Å². The Morgan fingerprint density at radius 1 is 1.00 bits per heavy atom. The number of piperazine rings is 1. The first-order valence-electron chi connectivity index (χ1n) is 10.0. The standard InChI is InChI=1S/C22H27ClFN3O/c23-18-3-8-22(28)17(14-18)15-25-9-1-2-21(16-25)27-12-10-26(11-13-27)20-6-4-19(24)5-7-20/h3-8,14,21,28H,1-2,9-13,15-16H2/t21-/m1/s1. The molecule has 2 aliphatic heterocycles. The van der Waals surface area contributed by atoms with Gasteiger partial charge in [0.2, 0.25) is 0 Å². The Bertz CT molecular complexity index is 793. The van der Waals surface area contributed by atoms with Crippen LogP contribution in [0.2, 0.25) is 5.02 Å². The molecule has 0 spiro atoms. The number of hydrogen-bond acceptors (Lipinski definition) is 4. The molecule has 0 radical (unpaired) electrons. The summed E-state index contributed by atoms with van der Waals surface area (Å²) < 4.78 is 13.1. The molecule has 2 aromatic carbocycles. The number of halogens is 2. The fourth-order valence-corrected chi connectivity index (χ4v) is 4.59. The lowest BCUT2D eigenvalue weighted by Crippen LogP contribution is -2.55. The second-order valence-electron chi connectivity index (χ2n) is 7.80. The Morgan fingerprint density at radius 2 is 1.75 bits per heavy atom. The molecule has 0 aliphatic carbocycles. The summed E-state index contributed by atoms with van der Waals surface area (Å²) in [5, 5.41) is 10.8. The number of nitrogens with zero attached hydrogens (tertiary/aromatic N) is 3. The highest BCUT2D eigenvalue weighted by Crippen LogP contribution is 2.26. The summed E-state index contributed by atoms with van der Waals surface area (Å²) in [5.74, 6) is 0.134. The van der Waals surface area contributed by atoms with Crippen molar-refractivity contribution in [2.45, 2.75) is 25.4 Å². The number of hydrogen-bond donors (Lipinski definition) is 1. The monoisotopic (exact) mass is 403 g/mol. The fourth-order valence-electron chi connectivity index (χ4n) is 4.39. The van der Waals surface area contributed by atoms with E-state index in [1.165, 1.54) is 25.0 Å². The van der Waals surface area contributed by atoms with E-state index in [9.17, 15) is 9.50 Å². The van der Waals surface area contributed by atoms with Gasteiger partial charge in [0.15, 0.2) is 0 Å². The molecule has 150 valence electrons. The molecule has 0 unspecified atom stereocenters. The quantitative estimate of drug-likeness (QED) is 0.836. The van der Waals surface area contributed by atoms with E-state index < -0.39 is 0 Å². The number of phenolic OH excluding ortho intramolecular Hbond substituents is 1. The first kappa shape index (κ1) is 19.5. The molecule has 0 bridgehead atoms. The molecular weight excluding hydrogens is 377 g/mol. The highest BCUT2D eigenvalue weighted by Gasteiger charge is 2.28. The molecule has 1 N–H and O–H groups in total. The lowest BCUT2D eigenvalue weighted by atomic mass is 10.0. The van der Waals surface area contributed by atoms with E-state index in [-0.39, 0.29) is 5.82 Å². The van der Waals surface area contributed by atoms with Crippen LogP contribution in [0.1, 0.15) is 18.4 Å². The van der Waals surface area contributed by atoms with Gasteiger partial charge in [-0.3, -0.25) is 9.80 Å². The summed E-state index contributed by atoms with van der Waals surface area (Å²) in [4.78, 5) is 7.34. The van der Waals surface area contributed by atoms with Crippen molar-refractivity contribution in [3.63, 3.8) is 0 Å². The first-order chi connectivity index (χ1) is 13.6. The van der Waals surface area contributed by atoms with Crippen molar-refractivity contribution in [2.24, 2.45) is 0 Å². The molecule has 6 heteroatoms. The predicted octanol–water partition coefficient (Wildman–Crippen LogP) is 3.97. The van der Waals surface area contributed by atoms with Crippen LogP contribution in [0.25, 0.3) is 0 Å². The minimum Gasteiger partial charge on any atom is -0.508 e. The average Bonchev–Trinajstić information content (AvgIpc) is 2.72. The summed E-state index contributed by atoms with van der Waals surface area (Å²) in [5.41, 5.74) is 2.00. The molecule has 2 heterocycles. The molecule has 2 saturated heterocycles. The lowest BCUT2D eigenvalue weighted by molar-refractivity contribution is 0.0883. The van der Waals surface area contributed by atoms with E-state index in [4.69, 9.17) is 11.6 Å². The van der Waals surface area contributed by atoms with E-state index in [0.717, 1.165) is 57.1 Å². The van der Waals surface area contributed by atoms with Crippen LogP contribution < -0.4 is 4.90 Å². The summed E-state index contributed by atoms with van der Waals surface area (Å²) in [6.45, 7) is 6.80. The van der Waals surface area contributed by atoms with Gasteiger partial charge < -0.3 is 10.0 Å². The van der Waals surface area contributed by atoms with Gasteiger partial charge in [-0.15, -0.1) is 0 Å². The van der Waals surface area contributed by atoms with E-state index in [0.29, 0.717) is 16.8 Å². The van der Waals surface area contributed by atoms with Crippen LogP contribution >= 0.6 is 11.6 Å². The summed E-state index contributed by atoms with van der Waals surface area (Å²) in [6, 6.07) is 12.6. The molecule has 2 fully saturated rings. The minimum absolute atomic E-state index is 0.185. The van der Waals surface area contributed by atoms with Crippen molar-refractivity contribution in [2.75, 3.05) is 44.2 Å². The highest BCUT2D eigenvalue weighted by atomic mass is 35.5. The van der Waals surface area contributed by atoms with Crippen molar-refractivity contribution in [3.8, 4) is 5.75 Å². The molecule has 4 rings (SSSR count). The minimum atomic E-state index is -0.185. The number of aromatic hydroxyl groups is 1. The zero-order chi connectivity index (χ0) is 19.5. The van der Waals surface area contributed by atoms with Gasteiger partial charge >= 0.3 is 0 Å². The number of phenols is 1. The maximum Gasteiger partial charge on any atom is 0.123 e. The Hall–Kier alpha value is -1.82. The van der Waals surface area contributed by atoms with Crippen molar-refractivity contribution in [1.29, 1.82) is 0 Å². The van der Waals surface area contributed by atoms with Crippen LogP contribution in [0.3, 0.4) is 0 Å². The summed E-state index contributed by atoms with van der Waals surface area (Å²) in [7, 11) is 0. The number of rotatable bonds is 4. The van der Waals surface area contributed by atoms with Crippen molar-refractivity contribution >= 4 is 17.3 Å². The van der Waals surface area contributed by atoms with Crippen LogP contribution in [0.4, 0.5) is 10.1 Å². The second kappa shape index (κ2) is 8.68. The molecule has 0 amide bonds. The smallest absolute Gasteiger partial charge is 0.123 e. The highest BCUT2D eigenvalue weighted by molar-refractivity contribution is 6.30. The Kier molecular flexibility index (Phi) is 6.04. The van der Waals surface area contributed by atoms with Crippen LogP contribution in [0.5, 0.6) is 5.75 Å². The normalized spacial score (nSPS) is 21.8. The fraction of sp³-hybridized carbons (Fsp3) is 0.455. The first-order valence-corrected chi connectivity index (χ1v) is 10.4. The molecule has 4 nitrogen and oxygen atoms in total. The van der Waals surface area contributed by atoms with Gasteiger partial charge in [-0.25, -0.2) is 4.39 Å². The van der Waals surface area contributed by atoms with Gasteiger partial charge in [-0.05, 0) is 61.9 Å². The topological polar surface area (TPSA) is 30.0 Å². The number of benzene rings is 2. The van der Waals surface area contributed by atoms with Crippen LogP contribution in [-0.4, -0.2) is 60.2 Å². The molecule has 0 saturated carbocycles. The predicted molar refractivity (Wildman–Crippen MR) is 112 cm³/mol. The van der Waals surface area contributed by atoms with Crippen LogP contribution in [0, 0.1) is 5.82 Å². The molecule has 2 aromatic rings. The van der Waals surface area contributed by atoms with Crippen LogP contribution in [-0.2, 0) is 6.54 Å². The van der Waals surface area contributed by atoms with Crippen molar-refractivity contribution in [1.82, 2.24) is 9.80 Å². The Balaban J connectivity index is 1.32. The van der Waals surface area contributed by atoms with Gasteiger partial charge in [0.25, 0.3) is 0 Å². The van der Waals surface area contributed by atoms with Crippen molar-refractivity contribution < 1.29 is 9.50 Å². The van der Waals surface area contributed by atoms with Gasteiger partial charge in [0, 0.05) is 61.6 Å². The largest absolute Gasteiger partial charge is 0.508 e. The van der Waals surface area contributed by atoms with Crippen molar-refractivity contribution in [3.05, 3.63) is 58.9 Å². The summed E-state index contributed by atoms with van der Waals surface area (Å²) in [6.07, 6.45) is 2.39. The Morgan fingerprint density at radius 3 is 2.50 bits per heavy atom. The lowest BCUT2D eigenvalue weighted by Gasteiger charge is -2.44. The van der Waals surface area contributed by atoms with Gasteiger partial charge in [-0.2, -0.15) is 0 Å². The van der Waals surface area contributed by atoms with Gasteiger partial charge in [0.05, 0.1) is 0 Å². The third-order valence-electron chi connectivity index (χ3n) is 5.94. The van der Waals surface area contributed by atoms with Gasteiger partial charge in [0.1, 0.15) is 11.6 Å². The molecule has 28 heavy (non-hydrogen) atoms. The number of likely N-dealkylation sites (tertiary alicyclic amines) is 1. The van der Waals surface area contributed by atoms with E-state index in [2.05, 4.69) is 14.7 Å². The second-order valence-corrected chi connectivity index (χ2v) is 8.24. The zero-order valence-electron chi connectivity index (χ0n) is 16.0. The molecule has 0 aromatic heterocycles. The van der Waals surface area contributed by atoms with Crippen LogP contribution in [0.15, 0.2) is 42.5 Å². The molecule has 2 aliphatic rings. The third-order valence-corrected chi connectivity index (χ3v) is 6.17. The molecular formula is C22H27ClFN3O. The number of piperidine rings is 1. The van der Waals surface area contributed by atoms with E-state index >= 15 is 0 Å². The zero-order valence-corrected chi connectivity index (χ0v) is 16.8. The molecule has 1 atom stereocenters. The third kappa shape index (κ3) is 4.59. The maximum absolute atomic E-state index is 13.1. The average molecular weight is 404 g/mol. The number of anilines is 1. The van der Waals surface area contributed by atoms with E-state index in [1.807, 2.05) is 18.2 Å². The Labute approximate surface area is 171 Å².